The molecule has 2 rings (SSSR count). The molecule has 0 fully saturated rings. The number of rotatable bonds is 6. The van der Waals surface area contributed by atoms with E-state index in [9.17, 15) is 25.0 Å². The van der Waals surface area contributed by atoms with Gasteiger partial charge in [0.25, 0.3) is 17.3 Å². The molecule has 0 aliphatic rings. The van der Waals surface area contributed by atoms with Gasteiger partial charge in [-0.3, -0.25) is 29.7 Å². The fourth-order valence-corrected chi connectivity index (χ4v) is 2.25. The number of benzene rings is 1. The Balaban J connectivity index is 2.24. The van der Waals surface area contributed by atoms with Gasteiger partial charge in [0, 0.05) is 18.7 Å². The van der Waals surface area contributed by atoms with E-state index in [1.807, 2.05) is 6.92 Å². The summed E-state index contributed by atoms with van der Waals surface area (Å²) < 4.78 is 1.58. The summed E-state index contributed by atoms with van der Waals surface area (Å²) >= 11 is 5.97. The van der Waals surface area contributed by atoms with E-state index in [-0.39, 0.29) is 12.1 Å². The van der Waals surface area contributed by atoms with Crippen LogP contribution in [0.3, 0.4) is 0 Å². The molecule has 0 unspecified atom stereocenters. The zero-order chi connectivity index (χ0) is 17.9. The number of hydrogen-bond donors (Lipinski definition) is 1. The summed E-state index contributed by atoms with van der Waals surface area (Å²) in [5, 5.41) is 28.6. The van der Waals surface area contributed by atoms with Crippen molar-refractivity contribution < 1.29 is 14.6 Å². The number of non-ortho nitro benzene ring substituents is 2. The lowest BCUT2D eigenvalue weighted by Gasteiger charge is -2.08. The first-order valence-corrected chi connectivity index (χ1v) is 7.13. The average molecular weight is 354 g/mol. The van der Waals surface area contributed by atoms with Crippen molar-refractivity contribution in [3.8, 4) is 0 Å². The number of nitrogens with one attached hydrogen (secondary N) is 1. The van der Waals surface area contributed by atoms with Crippen molar-refractivity contribution in [2.75, 3.05) is 0 Å². The Bertz CT molecular complexity index is 787. The molecule has 0 aliphatic heterocycles. The highest BCUT2D eigenvalue weighted by atomic mass is 35.5. The number of aromatic nitrogens is 2. The second-order valence-electron chi connectivity index (χ2n) is 4.69. The molecule has 1 amide bonds. The first-order valence-electron chi connectivity index (χ1n) is 6.75. The standard InChI is InChI=1S/C13H12ClN5O5/c1-2-17-12(11(14)6-16-17)7-15-13(20)8-3-9(18(21)22)5-10(4-8)19(23)24/h3-6H,2,7H2,1H3,(H,15,20). The third-order valence-corrected chi connectivity index (χ3v) is 3.52. The lowest BCUT2D eigenvalue weighted by atomic mass is 10.1. The number of carbonyl (C=O) groups excluding carboxylic acids is 1. The summed E-state index contributed by atoms with van der Waals surface area (Å²) in [6, 6.07) is 2.74. The highest BCUT2D eigenvalue weighted by Gasteiger charge is 2.20. The van der Waals surface area contributed by atoms with Gasteiger partial charge in [-0.15, -0.1) is 0 Å². The Hall–Kier alpha value is -3.01. The van der Waals surface area contributed by atoms with Gasteiger partial charge in [0.1, 0.15) is 0 Å². The summed E-state index contributed by atoms with van der Waals surface area (Å²) in [5.74, 6) is -0.693. The van der Waals surface area contributed by atoms with Crippen LogP contribution >= 0.6 is 11.6 Å². The molecule has 1 heterocycles. The van der Waals surface area contributed by atoms with Gasteiger partial charge in [0.2, 0.25) is 0 Å². The van der Waals surface area contributed by atoms with E-state index in [0.29, 0.717) is 17.3 Å². The number of carbonyl (C=O) groups is 1. The van der Waals surface area contributed by atoms with Crippen molar-refractivity contribution in [1.82, 2.24) is 15.1 Å². The maximum atomic E-state index is 12.2. The van der Waals surface area contributed by atoms with Crippen LogP contribution in [0.25, 0.3) is 0 Å². The van der Waals surface area contributed by atoms with Crippen LogP contribution in [0.1, 0.15) is 23.0 Å². The minimum atomic E-state index is -0.799. The Kier molecular flexibility index (Phi) is 5.09. The first kappa shape index (κ1) is 17.3. The van der Waals surface area contributed by atoms with E-state index in [2.05, 4.69) is 10.4 Å². The van der Waals surface area contributed by atoms with Crippen LogP contribution in [-0.4, -0.2) is 25.5 Å². The third kappa shape index (κ3) is 3.66. The molecule has 0 atom stereocenters. The van der Waals surface area contributed by atoms with Gasteiger partial charge < -0.3 is 5.32 Å². The Morgan fingerprint density at radius 1 is 1.25 bits per heavy atom. The summed E-state index contributed by atoms with van der Waals surface area (Å²) in [6.07, 6.45) is 1.44. The van der Waals surface area contributed by atoms with E-state index in [0.717, 1.165) is 18.2 Å². The van der Waals surface area contributed by atoms with Crippen LogP contribution in [0, 0.1) is 20.2 Å². The zero-order valence-corrected chi connectivity index (χ0v) is 13.2. The smallest absolute Gasteiger partial charge is 0.277 e. The largest absolute Gasteiger partial charge is 0.346 e. The number of nitro groups is 2. The third-order valence-electron chi connectivity index (χ3n) is 3.20. The predicted octanol–water partition coefficient (Wildman–Crippen LogP) is 2.30. The molecule has 0 saturated heterocycles. The van der Waals surface area contributed by atoms with Crippen LogP contribution < -0.4 is 5.32 Å². The summed E-state index contributed by atoms with van der Waals surface area (Å²) in [7, 11) is 0. The summed E-state index contributed by atoms with van der Waals surface area (Å²) in [5.41, 5.74) is -0.695. The number of halogens is 1. The molecule has 2 aromatic rings. The topological polar surface area (TPSA) is 133 Å². The van der Waals surface area contributed by atoms with E-state index in [1.165, 1.54) is 6.20 Å². The van der Waals surface area contributed by atoms with Gasteiger partial charge in [-0.05, 0) is 6.92 Å². The Labute approximate surface area is 140 Å². The molecule has 11 heteroatoms. The van der Waals surface area contributed by atoms with Crippen LogP contribution in [0.2, 0.25) is 5.02 Å². The molecule has 0 spiro atoms. The summed E-state index contributed by atoms with van der Waals surface area (Å²) in [6.45, 7) is 2.42. The molecule has 1 aromatic carbocycles. The van der Waals surface area contributed by atoms with E-state index in [1.54, 1.807) is 4.68 Å². The van der Waals surface area contributed by atoms with Gasteiger partial charge in [-0.2, -0.15) is 5.10 Å². The van der Waals surface area contributed by atoms with Crippen molar-refractivity contribution in [3.63, 3.8) is 0 Å². The maximum Gasteiger partial charge on any atom is 0.277 e. The van der Waals surface area contributed by atoms with Crippen LogP contribution in [0.4, 0.5) is 11.4 Å². The summed E-state index contributed by atoms with van der Waals surface area (Å²) in [4.78, 5) is 32.3. The van der Waals surface area contributed by atoms with Gasteiger partial charge in [0.15, 0.2) is 0 Å². The normalized spacial score (nSPS) is 10.4. The minimum Gasteiger partial charge on any atom is -0.346 e. The molecule has 0 aliphatic carbocycles. The van der Waals surface area contributed by atoms with Gasteiger partial charge >= 0.3 is 0 Å². The molecule has 126 valence electrons. The lowest BCUT2D eigenvalue weighted by Crippen LogP contribution is -2.24. The van der Waals surface area contributed by atoms with Crippen molar-refractivity contribution in [2.24, 2.45) is 0 Å². The molecular formula is C13H12ClN5O5. The fourth-order valence-electron chi connectivity index (χ4n) is 2.04. The van der Waals surface area contributed by atoms with Crippen molar-refractivity contribution in [1.29, 1.82) is 0 Å². The quantitative estimate of drug-likeness (QED) is 0.625. The SMILES string of the molecule is CCn1ncc(Cl)c1CNC(=O)c1cc([N+](=O)[O-])cc([N+](=O)[O-])c1. The number of nitro benzene ring substituents is 2. The highest BCUT2D eigenvalue weighted by Crippen LogP contribution is 2.23. The van der Waals surface area contributed by atoms with Crippen molar-refractivity contribution >= 4 is 28.9 Å². The second kappa shape index (κ2) is 7.04. The number of nitrogens with zero attached hydrogens (tertiary/aromatic N) is 4. The van der Waals surface area contributed by atoms with E-state index >= 15 is 0 Å². The van der Waals surface area contributed by atoms with Crippen LogP contribution in [0.15, 0.2) is 24.4 Å². The highest BCUT2D eigenvalue weighted by molar-refractivity contribution is 6.31. The number of hydrogen-bond acceptors (Lipinski definition) is 6. The fraction of sp³-hybridized carbons (Fsp3) is 0.231. The molecule has 0 radical (unpaired) electrons. The van der Waals surface area contributed by atoms with Crippen molar-refractivity contribution in [3.05, 3.63) is 60.9 Å². The minimum absolute atomic E-state index is 0.0298. The van der Waals surface area contributed by atoms with E-state index in [4.69, 9.17) is 11.6 Å². The van der Waals surface area contributed by atoms with Crippen LogP contribution in [0.5, 0.6) is 0 Å². The Morgan fingerprint density at radius 3 is 2.33 bits per heavy atom. The molecule has 24 heavy (non-hydrogen) atoms. The zero-order valence-electron chi connectivity index (χ0n) is 12.4. The van der Waals surface area contributed by atoms with Gasteiger partial charge in [-0.1, -0.05) is 11.6 Å². The lowest BCUT2D eigenvalue weighted by molar-refractivity contribution is -0.394. The van der Waals surface area contributed by atoms with Crippen LogP contribution in [-0.2, 0) is 13.1 Å². The number of amides is 1. The first-order chi connectivity index (χ1) is 11.3. The Morgan fingerprint density at radius 2 is 1.83 bits per heavy atom. The molecule has 10 nitrogen and oxygen atoms in total. The molecular weight excluding hydrogens is 342 g/mol. The van der Waals surface area contributed by atoms with Crippen molar-refractivity contribution in [2.45, 2.75) is 20.0 Å². The van der Waals surface area contributed by atoms with Gasteiger partial charge in [0.05, 0.1) is 44.9 Å². The monoisotopic (exact) mass is 353 g/mol. The average Bonchev–Trinajstić information content (AvgIpc) is 2.91. The molecule has 0 saturated carbocycles. The van der Waals surface area contributed by atoms with Gasteiger partial charge in [-0.25, -0.2) is 0 Å². The second-order valence-corrected chi connectivity index (χ2v) is 5.10. The molecule has 1 N–H and O–H groups in total. The number of aryl methyl sites for hydroxylation is 1. The van der Waals surface area contributed by atoms with E-state index < -0.39 is 27.1 Å². The molecule has 1 aromatic heterocycles. The molecule has 0 bridgehead atoms. The maximum absolute atomic E-state index is 12.2. The predicted molar refractivity (Wildman–Crippen MR) is 83.8 cm³/mol.